The topological polar surface area (TPSA) is 16.4 Å². The van der Waals surface area contributed by atoms with Crippen molar-refractivity contribution in [1.82, 2.24) is 0 Å². The highest BCUT2D eigenvalue weighted by Crippen LogP contribution is 2.46. The van der Waals surface area contributed by atoms with E-state index in [1.165, 1.54) is 38.4 Å². The first-order chi connectivity index (χ1) is 25.8. The molecule has 0 aliphatic carbocycles. The minimum atomic E-state index is 0.891. The molecule has 0 atom stereocenters. The van der Waals surface area contributed by atoms with Gasteiger partial charge in [-0.2, -0.15) is 0 Å². The highest BCUT2D eigenvalue weighted by Gasteiger charge is 2.21. The Morgan fingerprint density at radius 1 is 0.327 bits per heavy atom. The number of anilines is 3. The summed E-state index contributed by atoms with van der Waals surface area (Å²) < 4.78 is 6.51. The minimum Gasteiger partial charge on any atom is -0.455 e. The number of nitrogens with zero attached hydrogens (tertiary/aromatic N) is 1. The van der Waals surface area contributed by atoms with E-state index in [9.17, 15) is 0 Å². The molecule has 10 aromatic rings. The Morgan fingerprint density at radius 3 is 1.77 bits per heavy atom. The molecule has 10 rings (SSSR count). The first kappa shape index (κ1) is 30.0. The van der Waals surface area contributed by atoms with Gasteiger partial charge < -0.3 is 9.32 Å². The van der Waals surface area contributed by atoms with E-state index in [4.69, 9.17) is 4.42 Å². The molecule has 0 unspecified atom stereocenters. The number of para-hydroxylation sites is 1. The van der Waals surface area contributed by atoms with Gasteiger partial charge in [-0.15, -0.1) is 0 Å². The number of furan rings is 1. The number of fused-ring (bicyclic) bond motifs is 6. The van der Waals surface area contributed by atoms with E-state index < -0.39 is 0 Å². The van der Waals surface area contributed by atoms with Gasteiger partial charge in [0, 0.05) is 32.8 Å². The average Bonchev–Trinajstić information content (AvgIpc) is 3.60. The summed E-state index contributed by atoms with van der Waals surface area (Å²) in [6.45, 7) is 0. The van der Waals surface area contributed by atoms with Gasteiger partial charge in [0.2, 0.25) is 0 Å². The molecular weight excluding hydrogens is 631 g/mol. The van der Waals surface area contributed by atoms with Gasteiger partial charge in [-0.1, -0.05) is 158 Å². The third kappa shape index (κ3) is 5.04. The molecule has 1 aromatic heterocycles. The van der Waals surface area contributed by atoms with Crippen LogP contribution in [0.2, 0.25) is 0 Å². The molecule has 0 amide bonds. The van der Waals surface area contributed by atoms with Crippen molar-refractivity contribution in [3.05, 3.63) is 200 Å². The molecule has 0 fully saturated rings. The van der Waals surface area contributed by atoms with E-state index in [0.29, 0.717) is 0 Å². The predicted molar refractivity (Wildman–Crippen MR) is 220 cm³/mol. The van der Waals surface area contributed by atoms with Crippen LogP contribution in [0, 0.1) is 0 Å². The summed E-state index contributed by atoms with van der Waals surface area (Å²) in [5.41, 5.74) is 12.2. The van der Waals surface area contributed by atoms with Gasteiger partial charge >= 0.3 is 0 Å². The fourth-order valence-corrected chi connectivity index (χ4v) is 7.79. The monoisotopic (exact) mass is 663 g/mol. The summed E-state index contributed by atoms with van der Waals surface area (Å²) in [5, 5.41) is 6.94. The third-order valence-electron chi connectivity index (χ3n) is 10.3. The van der Waals surface area contributed by atoms with Crippen LogP contribution in [0.4, 0.5) is 17.1 Å². The van der Waals surface area contributed by atoms with Crippen molar-refractivity contribution < 1.29 is 4.42 Å². The van der Waals surface area contributed by atoms with Crippen LogP contribution in [0.1, 0.15) is 0 Å². The SMILES string of the molecule is c1ccc(-c2ccc(N(c3ccccc3-c3ccc4oc5c6ccccc6ccc5c4c3)c3cccc4ccccc34)cc2-c2ccccc2)cc1. The zero-order valence-corrected chi connectivity index (χ0v) is 28.4. The fourth-order valence-electron chi connectivity index (χ4n) is 7.79. The minimum absolute atomic E-state index is 0.891. The molecule has 0 aliphatic heterocycles. The number of hydrogen-bond acceptors (Lipinski definition) is 2. The van der Waals surface area contributed by atoms with Crippen molar-refractivity contribution in [2.75, 3.05) is 4.90 Å². The lowest BCUT2D eigenvalue weighted by Crippen LogP contribution is -2.12. The normalized spacial score (nSPS) is 11.5. The molecule has 0 aliphatic rings. The molecule has 0 bridgehead atoms. The third-order valence-corrected chi connectivity index (χ3v) is 10.3. The molecule has 52 heavy (non-hydrogen) atoms. The van der Waals surface area contributed by atoms with E-state index in [-0.39, 0.29) is 0 Å². The number of hydrogen-bond donors (Lipinski definition) is 0. The summed E-state index contributed by atoms with van der Waals surface area (Å²) in [5.74, 6) is 0. The quantitative estimate of drug-likeness (QED) is 0.176. The van der Waals surface area contributed by atoms with E-state index in [0.717, 1.165) is 55.5 Å². The molecular formula is C50H33NO. The van der Waals surface area contributed by atoms with Crippen molar-refractivity contribution in [1.29, 1.82) is 0 Å². The van der Waals surface area contributed by atoms with Crippen LogP contribution in [0.15, 0.2) is 205 Å². The second-order valence-electron chi connectivity index (χ2n) is 13.3. The Morgan fingerprint density at radius 2 is 0.962 bits per heavy atom. The molecule has 0 spiro atoms. The Balaban J connectivity index is 1.22. The van der Waals surface area contributed by atoms with Gasteiger partial charge in [0.15, 0.2) is 0 Å². The molecule has 0 saturated carbocycles. The van der Waals surface area contributed by atoms with Gasteiger partial charge in [0.25, 0.3) is 0 Å². The van der Waals surface area contributed by atoms with Crippen LogP contribution in [0.3, 0.4) is 0 Å². The summed E-state index contributed by atoms with van der Waals surface area (Å²) in [6.07, 6.45) is 0. The van der Waals surface area contributed by atoms with Crippen LogP contribution in [0.5, 0.6) is 0 Å². The number of rotatable bonds is 6. The van der Waals surface area contributed by atoms with Crippen molar-refractivity contribution in [2.24, 2.45) is 0 Å². The standard InChI is InChI=1S/C50H33NO/c1-3-14-34(15-4-1)40-30-28-39(33-45(40)36-16-5-2-6-17-36)51(48-25-13-20-35-18-7-9-21-41(35)48)47-24-12-11-22-42(47)38-27-31-49-46(32-38)44-29-26-37-19-8-10-23-43(37)50(44)52-49/h1-33H. The van der Waals surface area contributed by atoms with Gasteiger partial charge in [0.05, 0.1) is 11.4 Å². The lowest BCUT2D eigenvalue weighted by atomic mass is 9.93. The van der Waals surface area contributed by atoms with Crippen molar-refractivity contribution in [2.45, 2.75) is 0 Å². The van der Waals surface area contributed by atoms with Gasteiger partial charge in [-0.3, -0.25) is 0 Å². The summed E-state index contributed by atoms with van der Waals surface area (Å²) >= 11 is 0. The average molecular weight is 664 g/mol. The Bertz CT molecular complexity index is 2900. The van der Waals surface area contributed by atoms with Crippen molar-refractivity contribution >= 4 is 60.5 Å². The predicted octanol–water partition coefficient (Wildman–Crippen LogP) is 14.4. The van der Waals surface area contributed by atoms with Crippen LogP contribution in [0.25, 0.3) is 76.9 Å². The number of benzene rings is 9. The van der Waals surface area contributed by atoms with E-state index >= 15 is 0 Å². The smallest absolute Gasteiger partial charge is 0.143 e. The highest BCUT2D eigenvalue weighted by molar-refractivity contribution is 6.16. The maximum atomic E-state index is 6.51. The van der Waals surface area contributed by atoms with Crippen LogP contribution < -0.4 is 4.90 Å². The maximum Gasteiger partial charge on any atom is 0.143 e. The van der Waals surface area contributed by atoms with Crippen LogP contribution in [-0.4, -0.2) is 0 Å². The molecule has 1 heterocycles. The zero-order chi connectivity index (χ0) is 34.4. The summed E-state index contributed by atoms with van der Waals surface area (Å²) in [6, 6.07) is 71.8. The van der Waals surface area contributed by atoms with Gasteiger partial charge in [0.1, 0.15) is 11.2 Å². The molecule has 244 valence electrons. The Labute approximate surface area is 302 Å². The van der Waals surface area contributed by atoms with Crippen molar-refractivity contribution in [3.63, 3.8) is 0 Å². The molecule has 9 aromatic carbocycles. The second-order valence-corrected chi connectivity index (χ2v) is 13.3. The van der Waals surface area contributed by atoms with Crippen LogP contribution >= 0.6 is 0 Å². The molecule has 0 saturated heterocycles. The second kappa shape index (κ2) is 12.5. The lowest BCUT2D eigenvalue weighted by molar-refractivity contribution is 0.672. The Hall–Kier alpha value is -6.90. The molecule has 0 N–H and O–H groups in total. The fraction of sp³-hybridized carbons (Fsp3) is 0. The van der Waals surface area contributed by atoms with E-state index in [2.05, 4.69) is 205 Å². The highest BCUT2D eigenvalue weighted by atomic mass is 16.3. The zero-order valence-electron chi connectivity index (χ0n) is 28.4. The molecule has 0 radical (unpaired) electrons. The van der Waals surface area contributed by atoms with E-state index in [1.807, 2.05) is 0 Å². The first-order valence-electron chi connectivity index (χ1n) is 17.8. The summed E-state index contributed by atoms with van der Waals surface area (Å²) in [7, 11) is 0. The summed E-state index contributed by atoms with van der Waals surface area (Å²) in [4.78, 5) is 2.43. The van der Waals surface area contributed by atoms with Gasteiger partial charge in [-0.05, 0) is 81.1 Å². The molecule has 2 nitrogen and oxygen atoms in total. The largest absolute Gasteiger partial charge is 0.455 e. The maximum absolute atomic E-state index is 6.51. The lowest BCUT2D eigenvalue weighted by Gasteiger charge is -2.30. The first-order valence-corrected chi connectivity index (χ1v) is 17.8. The van der Waals surface area contributed by atoms with Gasteiger partial charge in [-0.25, -0.2) is 0 Å². The molecule has 2 heteroatoms. The van der Waals surface area contributed by atoms with Crippen molar-refractivity contribution in [3.8, 4) is 33.4 Å². The Kier molecular flexibility index (Phi) is 7.18. The van der Waals surface area contributed by atoms with Crippen LogP contribution in [-0.2, 0) is 0 Å². The van der Waals surface area contributed by atoms with E-state index in [1.54, 1.807) is 0 Å².